The Kier molecular flexibility index (Phi) is 7.17. The normalized spacial score (nSPS) is 14.8. The van der Waals surface area contributed by atoms with Crippen molar-refractivity contribution in [3.8, 4) is 11.5 Å². The van der Waals surface area contributed by atoms with Crippen molar-refractivity contribution in [3.63, 3.8) is 0 Å². The van der Waals surface area contributed by atoms with Gasteiger partial charge in [0.05, 0.1) is 30.2 Å². The maximum Gasteiger partial charge on any atom is 0.295 e. The summed E-state index contributed by atoms with van der Waals surface area (Å²) < 4.78 is 18.0. The summed E-state index contributed by atoms with van der Waals surface area (Å²) in [5, 5.41) is 0.949. The molecule has 0 radical (unpaired) electrons. The Morgan fingerprint density at radius 3 is 2.53 bits per heavy atom. The van der Waals surface area contributed by atoms with Crippen molar-refractivity contribution in [2.75, 3.05) is 18.1 Å². The summed E-state index contributed by atoms with van der Waals surface area (Å²) in [6.07, 6.45) is 0.911. The monoisotopic (exact) mass is 531 g/mol. The minimum absolute atomic E-state index is 0.0330. The van der Waals surface area contributed by atoms with Crippen LogP contribution in [0.25, 0.3) is 11.0 Å². The zero-order chi connectivity index (χ0) is 27.0. The van der Waals surface area contributed by atoms with Crippen LogP contribution in [0, 0.1) is 12.8 Å². The molecule has 3 aromatic carbocycles. The van der Waals surface area contributed by atoms with Crippen molar-refractivity contribution >= 4 is 34.2 Å². The molecule has 1 aliphatic heterocycles. The van der Waals surface area contributed by atoms with E-state index < -0.39 is 11.9 Å². The average Bonchev–Trinajstić information content (AvgIpc) is 3.19. The third-order valence-electron chi connectivity index (χ3n) is 6.75. The Balaban J connectivity index is 1.69. The van der Waals surface area contributed by atoms with Crippen LogP contribution in [-0.4, -0.2) is 19.1 Å². The van der Waals surface area contributed by atoms with Gasteiger partial charge in [-0.2, -0.15) is 0 Å². The number of benzene rings is 3. The van der Waals surface area contributed by atoms with Gasteiger partial charge in [0.25, 0.3) is 5.91 Å². The molecule has 1 unspecified atom stereocenters. The van der Waals surface area contributed by atoms with Gasteiger partial charge in [0.15, 0.2) is 16.9 Å². The molecule has 0 spiro atoms. The van der Waals surface area contributed by atoms with E-state index in [1.165, 1.54) is 0 Å². The molecule has 196 valence electrons. The molecule has 0 fully saturated rings. The molecule has 0 saturated carbocycles. The Morgan fingerprint density at radius 2 is 1.79 bits per heavy atom. The molecule has 7 heteroatoms. The van der Waals surface area contributed by atoms with Gasteiger partial charge < -0.3 is 13.9 Å². The van der Waals surface area contributed by atoms with Crippen LogP contribution in [0.5, 0.6) is 11.5 Å². The van der Waals surface area contributed by atoms with Crippen LogP contribution in [0.15, 0.2) is 69.9 Å². The van der Waals surface area contributed by atoms with Crippen LogP contribution >= 0.6 is 11.6 Å². The van der Waals surface area contributed by atoms with Crippen molar-refractivity contribution < 1.29 is 18.7 Å². The van der Waals surface area contributed by atoms with E-state index in [2.05, 4.69) is 13.8 Å². The number of halogens is 1. The molecule has 1 aromatic heterocycles. The smallest absolute Gasteiger partial charge is 0.295 e. The zero-order valence-electron chi connectivity index (χ0n) is 21.9. The van der Waals surface area contributed by atoms with Crippen LogP contribution < -0.4 is 19.8 Å². The molecule has 38 heavy (non-hydrogen) atoms. The topological polar surface area (TPSA) is 69.0 Å². The van der Waals surface area contributed by atoms with Crippen molar-refractivity contribution in [2.45, 2.75) is 40.2 Å². The lowest BCUT2D eigenvalue weighted by molar-refractivity contribution is 0.0971. The van der Waals surface area contributed by atoms with Gasteiger partial charge in [-0.15, -0.1) is 0 Å². The summed E-state index contributed by atoms with van der Waals surface area (Å²) in [6.45, 7) is 9.09. The molecule has 0 N–H and O–H groups in total. The molecular formula is C31H30ClNO5. The number of aryl methyl sites for hydroxylation is 1. The highest BCUT2D eigenvalue weighted by molar-refractivity contribution is 6.31. The maximum atomic E-state index is 13.9. The second kappa shape index (κ2) is 10.5. The Bertz CT molecular complexity index is 1570. The molecule has 0 aliphatic carbocycles. The van der Waals surface area contributed by atoms with Gasteiger partial charge in [0.2, 0.25) is 5.76 Å². The minimum atomic E-state index is -0.735. The highest BCUT2D eigenvalue weighted by Gasteiger charge is 2.44. The number of hydrogen-bond donors (Lipinski definition) is 0. The first-order chi connectivity index (χ1) is 18.3. The SMILES string of the molecule is CCOc1cc(C2c3c(oc4ccccc4c3=O)C(=O)N2c2ccc(C)c(Cl)c2)ccc1OCCC(C)C. The molecule has 6 nitrogen and oxygen atoms in total. The van der Waals surface area contributed by atoms with Gasteiger partial charge in [-0.25, -0.2) is 0 Å². The summed E-state index contributed by atoms with van der Waals surface area (Å²) in [5.74, 6) is 1.32. The number of para-hydroxylation sites is 1. The standard InChI is InChI=1S/C31H30ClNO5/c1-5-36-26-16-20(11-13-25(26)37-15-14-18(2)3)28-27-29(34)22-8-6-7-9-24(22)38-30(27)31(35)33(28)21-12-10-19(4)23(32)17-21/h6-13,16-18,28H,5,14-15H2,1-4H3. The average molecular weight is 532 g/mol. The van der Waals surface area contributed by atoms with E-state index >= 15 is 0 Å². The number of carbonyl (C=O) groups is 1. The molecular weight excluding hydrogens is 502 g/mol. The maximum absolute atomic E-state index is 13.9. The Morgan fingerprint density at radius 1 is 1.00 bits per heavy atom. The number of ether oxygens (including phenoxy) is 2. The molecule has 1 amide bonds. The van der Waals surface area contributed by atoms with Gasteiger partial charge in [-0.1, -0.05) is 49.7 Å². The molecule has 4 aromatic rings. The molecule has 0 bridgehead atoms. The van der Waals surface area contributed by atoms with Crippen molar-refractivity contribution in [3.05, 3.63) is 98.4 Å². The highest BCUT2D eigenvalue weighted by atomic mass is 35.5. The van der Waals surface area contributed by atoms with Crippen LogP contribution in [0.3, 0.4) is 0 Å². The number of amides is 1. The van der Waals surface area contributed by atoms with Gasteiger partial charge in [-0.05, 0) is 73.7 Å². The lowest BCUT2D eigenvalue weighted by Gasteiger charge is -2.26. The minimum Gasteiger partial charge on any atom is -0.490 e. The number of hydrogen-bond acceptors (Lipinski definition) is 5. The van der Waals surface area contributed by atoms with E-state index in [9.17, 15) is 9.59 Å². The first kappa shape index (κ1) is 25.9. The van der Waals surface area contributed by atoms with Gasteiger partial charge in [0.1, 0.15) is 5.58 Å². The Labute approximate surface area is 226 Å². The quantitative estimate of drug-likeness (QED) is 0.238. The van der Waals surface area contributed by atoms with Crippen LogP contribution in [0.1, 0.15) is 60.5 Å². The van der Waals surface area contributed by atoms with Gasteiger partial charge in [0, 0.05) is 10.7 Å². The van der Waals surface area contributed by atoms with E-state index in [4.69, 9.17) is 25.5 Å². The third kappa shape index (κ3) is 4.65. The van der Waals surface area contributed by atoms with E-state index in [1.54, 1.807) is 35.2 Å². The van der Waals surface area contributed by atoms with Crippen molar-refractivity contribution in [1.29, 1.82) is 0 Å². The van der Waals surface area contributed by atoms with E-state index in [1.807, 2.05) is 44.2 Å². The second-order valence-corrected chi connectivity index (χ2v) is 10.3. The zero-order valence-corrected chi connectivity index (χ0v) is 22.7. The summed E-state index contributed by atoms with van der Waals surface area (Å²) in [7, 11) is 0. The van der Waals surface area contributed by atoms with E-state index in [0.29, 0.717) is 63.4 Å². The number of rotatable bonds is 8. The molecule has 0 saturated heterocycles. The summed E-state index contributed by atoms with van der Waals surface area (Å²) in [5.41, 5.74) is 2.59. The van der Waals surface area contributed by atoms with Crippen LogP contribution in [0.2, 0.25) is 5.02 Å². The fourth-order valence-corrected chi connectivity index (χ4v) is 4.89. The van der Waals surface area contributed by atoms with Crippen molar-refractivity contribution in [1.82, 2.24) is 0 Å². The van der Waals surface area contributed by atoms with Crippen molar-refractivity contribution in [2.24, 2.45) is 5.92 Å². The molecule has 2 heterocycles. The molecule has 5 rings (SSSR count). The van der Waals surface area contributed by atoms with Gasteiger partial charge >= 0.3 is 0 Å². The fourth-order valence-electron chi connectivity index (χ4n) is 4.72. The third-order valence-corrected chi connectivity index (χ3v) is 7.15. The molecule has 1 aliphatic rings. The predicted octanol–water partition coefficient (Wildman–Crippen LogP) is 7.33. The predicted molar refractivity (Wildman–Crippen MR) is 150 cm³/mol. The number of fused-ring (bicyclic) bond motifs is 2. The van der Waals surface area contributed by atoms with E-state index in [-0.39, 0.29) is 11.2 Å². The lowest BCUT2D eigenvalue weighted by atomic mass is 9.97. The number of anilines is 1. The Hall–Kier alpha value is -3.77. The highest BCUT2D eigenvalue weighted by Crippen LogP contribution is 2.44. The van der Waals surface area contributed by atoms with E-state index in [0.717, 1.165) is 12.0 Å². The first-order valence-corrected chi connectivity index (χ1v) is 13.2. The largest absolute Gasteiger partial charge is 0.490 e. The first-order valence-electron chi connectivity index (χ1n) is 12.8. The summed E-state index contributed by atoms with van der Waals surface area (Å²) >= 11 is 6.46. The number of carbonyl (C=O) groups excluding carboxylic acids is 1. The fraction of sp³-hybridized carbons (Fsp3) is 0.290. The lowest BCUT2D eigenvalue weighted by Crippen LogP contribution is -2.29. The summed E-state index contributed by atoms with van der Waals surface area (Å²) in [6, 6.07) is 17.2. The van der Waals surface area contributed by atoms with Crippen LogP contribution in [-0.2, 0) is 0 Å². The second-order valence-electron chi connectivity index (χ2n) is 9.85. The summed E-state index contributed by atoms with van der Waals surface area (Å²) in [4.78, 5) is 29.2. The number of nitrogens with zero attached hydrogens (tertiary/aromatic N) is 1. The van der Waals surface area contributed by atoms with Gasteiger partial charge in [-0.3, -0.25) is 14.5 Å². The van der Waals surface area contributed by atoms with Crippen LogP contribution in [0.4, 0.5) is 5.69 Å². The molecule has 1 atom stereocenters.